The molecule has 3 aromatic carbocycles. The van der Waals surface area contributed by atoms with E-state index in [2.05, 4.69) is 47.7 Å². The first kappa shape index (κ1) is 32.8. The molecule has 1 unspecified atom stereocenters. The predicted molar refractivity (Wildman–Crippen MR) is 176 cm³/mol. The number of halogens is 5. The van der Waals surface area contributed by atoms with Gasteiger partial charge in [0.05, 0.1) is 17.1 Å². The van der Waals surface area contributed by atoms with E-state index in [1.54, 1.807) is 0 Å². The van der Waals surface area contributed by atoms with Gasteiger partial charge < -0.3 is 10.1 Å². The minimum absolute atomic E-state index is 0.167. The summed E-state index contributed by atoms with van der Waals surface area (Å²) >= 11 is 9.63. The van der Waals surface area contributed by atoms with E-state index in [0.29, 0.717) is 41.8 Å². The maximum Gasteiger partial charge on any atom is 0.573 e. The van der Waals surface area contributed by atoms with Crippen LogP contribution in [0.25, 0.3) is 17.1 Å². The molecule has 0 saturated carbocycles. The third-order valence-corrected chi connectivity index (χ3v) is 8.38. The summed E-state index contributed by atoms with van der Waals surface area (Å²) in [5.74, 6) is 0.139. The van der Waals surface area contributed by atoms with E-state index in [-0.39, 0.29) is 20.8 Å². The van der Waals surface area contributed by atoms with Crippen LogP contribution < -0.4 is 15.0 Å². The van der Waals surface area contributed by atoms with Crippen LogP contribution >= 0.6 is 46.0 Å². The van der Waals surface area contributed by atoms with Crippen molar-refractivity contribution in [3.8, 4) is 22.8 Å². The molecular formula is C30H25ClF3IN6O3S. The lowest BCUT2D eigenvalue weighted by Crippen LogP contribution is -2.32. The highest BCUT2D eigenvalue weighted by Crippen LogP contribution is 2.38. The third-order valence-electron chi connectivity index (χ3n) is 6.55. The average Bonchev–Trinajstić information content (AvgIpc) is 3.62. The van der Waals surface area contributed by atoms with Crippen LogP contribution in [0.2, 0.25) is 0 Å². The molecule has 0 aliphatic carbocycles. The number of ether oxygens (including phenoxy) is 1. The van der Waals surface area contributed by atoms with E-state index in [9.17, 15) is 22.8 Å². The standard InChI is InChI=1S/C30H25ClF3IN6O3S/c1-18-7-12-23(26(31)35)24(14-18)41-25(42)16-45-29(41)38-28(43)36-13-3-5-19-4-2-6-20(15-19)27-37-17-40(39-27)21-8-10-22(11-9-21)44-30(32,33)34/h2,4,6-12,14-15,17,26H,3,5,13,16H2,1H3,(H,36,43). The van der Waals surface area contributed by atoms with Crippen molar-refractivity contribution < 1.29 is 27.5 Å². The number of anilines is 1. The summed E-state index contributed by atoms with van der Waals surface area (Å²) in [5.41, 5.74) is 4.64. The van der Waals surface area contributed by atoms with Crippen molar-refractivity contribution in [2.45, 2.75) is 29.5 Å². The number of alkyl halides is 5. The molecule has 1 aliphatic heterocycles. The van der Waals surface area contributed by atoms with Gasteiger partial charge in [-0.25, -0.2) is 14.5 Å². The van der Waals surface area contributed by atoms with Crippen LogP contribution in [0.1, 0.15) is 26.5 Å². The molecule has 1 aliphatic rings. The van der Waals surface area contributed by atoms with E-state index < -0.39 is 12.4 Å². The van der Waals surface area contributed by atoms with E-state index in [0.717, 1.165) is 22.3 Å². The van der Waals surface area contributed by atoms with Crippen molar-refractivity contribution in [3.05, 3.63) is 89.7 Å². The van der Waals surface area contributed by atoms with E-state index in [4.69, 9.17) is 11.6 Å². The van der Waals surface area contributed by atoms with Gasteiger partial charge in [0, 0.05) is 17.7 Å². The molecule has 234 valence electrons. The van der Waals surface area contributed by atoms with E-state index in [1.807, 2.05) is 49.4 Å². The first-order valence-corrected chi connectivity index (χ1v) is 16.2. The van der Waals surface area contributed by atoms with Gasteiger partial charge in [-0.05, 0) is 67.3 Å². The summed E-state index contributed by atoms with van der Waals surface area (Å²) in [6, 6.07) is 18.1. The highest BCUT2D eigenvalue weighted by Gasteiger charge is 2.33. The molecule has 5 rings (SSSR count). The van der Waals surface area contributed by atoms with Gasteiger partial charge in [0.2, 0.25) is 5.91 Å². The summed E-state index contributed by atoms with van der Waals surface area (Å²) < 4.78 is 42.3. The minimum Gasteiger partial charge on any atom is -0.406 e. The third kappa shape index (κ3) is 8.55. The van der Waals surface area contributed by atoms with E-state index >= 15 is 0 Å². The number of amides is 3. The summed E-state index contributed by atoms with van der Waals surface area (Å²) in [4.78, 5) is 35.4. The van der Waals surface area contributed by atoms with Gasteiger partial charge in [-0.1, -0.05) is 64.7 Å². The fourth-order valence-electron chi connectivity index (χ4n) is 4.51. The van der Waals surface area contributed by atoms with Crippen LogP contribution in [0, 0.1) is 6.92 Å². The second kappa shape index (κ2) is 14.2. The number of aliphatic imine (C=N–C) groups is 1. The fourth-order valence-corrected chi connectivity index (χ4v) is 6.08. The number of nitrogens with one attached hydrogen (secondary N) is 1. The zero-order valence-electron chi connectivity index (χ0n) is 23.6. The first-order valence-electron chi connectivity index (χ1n) is 13.5. The Morgan fingerprint density at radius 2 is 1.96 bits per heavy atom. The number of thioether (sulfide) groups is 1. The Kier molecular flexibility index (Phi) is 10.3. The Hall–Kier alpha value is -3.63. The molecule has 9 nitrogen and oxygen atoms in total. The van der Waals surface area contributed by atoms with Crippen molar-refractivity contribution in [2.75, 3.05) is 17.2 Å². The SMILES string of the molecule is Cc1ccc(C(Cl)I)c(N2C(=O)CSC2=NC(=O)NCCCc2cccc(-c3ncn(-c4ccc(OC(F)(F)F)cc4)n3)c2)c1. The van der Waals surface area contributed by atoms with Gasteiger partial charge >= 0.3 is 12.4 Å². The lowest BCUT2D eigenvalue weighted by molar-refractivity contribution is -0.274. The molecule has 1 aromatic heterocycles. The van der Waals surface area contributed by atoms with Gasteiger partial charge in [-0.2, -0.15) is 4.99 Å². The Labute approximate surface area is 279 Å². The number of urea groups is 1. The Bertz CT molecular complexity index is 1730. The van der Waals surface area contributed by atoms with Gasteiger partial charge in [0.15, 0.2) is 11.0 Å². The Balaban J connectivity index is 1.17. The van der Waals surface area contributed by atoms with Crippen molar-refractivity contribution in [2.24, 2.45) is 4.99 Å². The molecule has 0 bridgehead atoms. The van der Waals surface area contributed by atoms with Crippen LogP contribution in [0.5, 0.6) is 5.75 Å². The molecule has 45 heavy (non-hydrogen) atoms. The van der Waals surface area contributed by atoms with Crippen LogP contribution in [0.3, 0.4) is 0 Å². The molecule has 1 atom stereocenters. The van der Waals surface area contributed by atoms with Crippen LogP contribution in [-0.2, 0) is 11.2 Å². The van der Waals surface area contributed by atoms with Crippen molar-refractivity contribution in [1.29, 1.82) is 0 Å². The first-order chi connectivity index (χ1) is 21.5. The molecule has 0 spiro atoms. The molecule has 1 fully saturated rings. The van der Waals surface area contributed by atoms with Crippen LogP contribution in [-0.4, -0.2) is 50.5 Å². The number of carbonyl (C=O) groups excluding carboxylic acids is 2. The number of carbonyl (C=O) groups is 2. The Morgan fingerprint density at radius 3 is 2.69 bits per heavy atom. The summed E-state index contributed by atoms with van der Waals surface area (Å²) in [6.45, 7) is 2.29. The number of hydrogen-bond donors (Lipinski definition) is 1. The number of nitrogens with zero attached hydrogens (tertiary/aromatic N) is 5. The molecule has 1 saturated heterocycles. The maximum absolute atomic E-state index is 12.7. The average molecular weight is 769 g/mol. The quantitative estimate of drug-likeness (QED) is 0.107. The normalized spacial score (nSPS) is 15.0. The Morgan fingerprint density at radius 1 is 1.18 bits per heavy atom. The smallest absolute Gasteiger partial charge is 0.406 e. The van der Waals surface area contributed by atoms with Crippen molar-refractivity contribution in [3.63, 3.8) is 0 Å². The second-order valence-corrected chi connectivity index (χ2v) is 13.2. The second-order valence-electron chi connectivity index (χ2n) is 9.87. The lowest BCUT2D eigenvalue weighted by atomic mass is 10.1. The fraction of sp³-hybridized carbons (Fsp3) is 0.233. The number of amidine groups is 1. The molecular weight excluding hydrogens is 744 g/mol. The lowest BCUT2D eigenvalue weighted by Gasteiger charge is -2.21. The zero-order valence-corrected chi connectivity index (χ0v) is 27.3. The number of hydrogen-bond acceptors (Lipinski definition) is 6. The summed E-state index contributed by atoms with van der Waals surface area (Å²) in [7, 11) is 0. The molecule has 1 N–H and O–H groups in total. The topological polar surface area (TPSA) is 102 Å². The largest absolute Gasteiger partial charge is 0.573 e. The molecule has 4 aromatic rings. The van der Waals surface area contributed by atoms with Gasteiger partial charge in [-0.15, -0.1) is 29.9 Å². The number of benzene rings is 3. The molecule has 0 radical (unpaired) electrons. The highest BCUT2D eigenvalue weighted by atomic mass is 127. The van der Waals surface area contributed by atoms with Crippen molar-refractivity contribution in [1.82, 2.24) is 20.1 Å². The maximum atomic E-state index is 12.7. The van der Waals surface area contributed by atoms with Gasteiger partial charge in [0.1, 0.15) is 15.5 Å². The monoisotopic (exact) mass is 768 g/mol. The number of aryl methyl sites for hydroxylation is 2. The highest BCUT2D eigenvalue weighted by molar-refractivity contribution is 14.1. The predicted octanol–water partition coefficient (Wildman–Crippen LogP) is 7.59. The van der Waals surface area contributed by atoms with Crippen molar-refractivity contribution >= 4 is 68.7 Å². The van der Waals surface area contributed by atoms with Crippen LogP contribution in [0.4, 0.5) is 23.7 Å². The van der Waals surface area contributed by atoms with Gasteiger partial charge in [-0.3, -0.25) is 9.69 Å². The molecule has 2 heterocycles. The number of rotatable bonds is 9. The van der Waals surface area contributed by atoms with Gasteiger partial charge in [0.25, 0.3) is 0 Å². The minimum atomic E-state index is -4.76. The molecule has 15 heteroatoms. The zero-order chi connectivity index (χ0) is 32.1. The summed E-state index contributed by atoms with van der Waals surface area (Å²) in [5, 5.41) is 7.55. The molecule has 3 amide bonds. The number of aromatic nitrogens is 3. The van der Waals surface area contributed by atoms with E-state index in [1.165, 1.54) is 51.9 Å². The summed E-state index contributed by atoms with van der Waals surface area (Å²) in [6.07, 6.45) is -1.99. The van der Waals surface area contributed by atoms with Crippen LogP contribution in [0.15, 0.2) is 78.0 Å².